The third kappa shape index (κ3) is 4.43. The number of hydrogen-bond acceptors (Lipinski definition) is 8. The largest absolute Gasteiger partial charge is 0.493 e. The number of methoxy groups -OCH3 is 6. The Bertz CT molecular complexity index is 1290. The molecule has 8 heteroatoms. The highest BCUT2D eigenvalue weighted by atomic mass is 16.5. The fourth-order valence-electron chi connectivity index (χ4n) is 5.21. The van der Waals surface area contributed by atoms with Gasteiger partial charge in [0.2, 0.25) is 11.5 Å². The Balaban J connectivity index is 2.20. The zero-order valence-electron chi connectivity index (χ0n) is 23.2. The van der Waals surface area contributed by atoms with Gasteiger partial charge in [0, 0.05) is 16.7 Å². The van der Waals surface area contributed by atoms with Crippen LogP contribution in [0.5, 0.6) is 40.2 Å². The number of ether oxygens (including phenoxy) is 7. The van der Waals surface area contributed by atoms with Gasteiger partial charge in [0.05, 0.1) is 42.7 Å². The first-order chi connectivity index (χ1) is 18.3. The maximum atomic E-state index is 12.1. The van der Waals surface area contributed by atoms with Gasteiger partial charge in [-0.1, -0.05) is 25.1 Å². The molecule has 0 unspecified atom stereocenters. The highest BCUT2D eigenvalue weighted by Crippen LogP contribution is 2.58. The molecule has 0 radical (unpaired) electrons. The molecule has 0 aliphatic heterocycles. The van der Waals surface area contributed by atoms with Crippen molar-refractivity contribution in [1.82, 2.24) is 0 Å². The first-order valence-corrected chi connectivity index (χ1v) is 12.4. The summed E-state index contributed by atoms with van der Waals surface area (Å²) >= 11 is 0. The Labute approximate surface area is 224 Å². The summed E-state index contributed by atoms with van der Waals surface area (Å²) < 4.78 is 41.4. The molecule has 3 aromatic rings. The predicted octanol–water partition coefficient (Wildman–Crippen LogP) is 5.47. The molecule has 0 spiro atoms. The van der Waals surface area contributed by atoms with E-state index in [1.54, 1.807) is 49.6 Å². The summed E-state index contributed by atoms with van der Waals surface area (Å²) in [6.45, 7) is 3.79. The number of aliphatic hydroxyl groups is 1. The van der Waals surface area contributed by atoms with Gasteiger partial charge < -0.3 is 38.3 Å². The van der Waals surface area contributed by atoms with Crippen molar-refractivity contribution in [2.45, 2.75) is 32.0 Å². The molecule has 204 valence electrons. The van der Waals surface area contributed by atoms with Gasteiger partial charge in [0.25, 0.3) is 0 Å². The lowest BCUT2D eigenvalue weighted by atomic mass is 9.73. The van der Waals surface area contributed by atoms with Gasteiger partial charge in [-0.05, 0) is 49.1 Å². The van der Waals surface area contributed by atoms with Crippen molar-refractivity contribution in [2.75, 3.05) is 42.7 Å². The van der Waals surface area contributed by atoms with E-state index in [1.165, 1.54) is 0 Å². The van der Waals surface area contributed by atoms with Crippen molar-refractivity contribution in [1.29, 1.82) is 0 Å². The number of hydrogen-bond donors (Lipinski definition) is 1. The molecule has 3 atom stereocenters. The van der Waals surface area contributed by atoms with Crippen LogP contribution in [0.25, 0.3) is 11.1 Å². The molecule has 4 rings (SSSR count). The molecule has 0 aromatic heterocycles. The van der Waals surface area contributed by atoms with Crippen molar-refractivity contribution in [3.8, 4) is 51.4 Å². The lowest BCUT2D eigenvalue weighted by Gasteiger charge is -2.41. The van der Waals surface area contributed by atoms with Crippen LogP contribution in [0.2, 0.25) is 0 Å². The Morgan fingerprint density at radius 1 is 0.711 bits per heavy atom. The molecule has 0 heterocycles. The van der Waals surface area contributed by atoms with E-state index in [9.17, 15) is 5.11 Å². The van der Waals surface area contributed by atoms with E-state index in [2.05, 4.69) is 0 Å². The molecule has 0 fully saturated rings. The highest BCUT2D eigenvalue weighted by Gasteiger charge is 2.46. The summed E-state index contributed by atoms with van der Waals surface area (Å²) in [4.78, 5) is 0. The fourth-order valence-corrected chi connectivity index (χ4v) is 5.21. The van der Waals surface area contributed by atoms with E-state index in [1.807, 2.05) is 49.4 Å². The first kappa shape index (κ1) is 27.3. The van der Waals surface area contributed by atoms with Gasteiger partial charge in [-0.2, -0.15) is 0 Å². The number of fused-ring (bicyclic) bond motifs is 3. The Hall–Kier alpha value is -3.78. The third-order valence-corrected chi connectivity index (χ3v) is 7.36. The summed E-state index contributed by atoms with van der Waals surface area (Å²) in [5.41, 5.74) is 1.60. The molecule has 1 aliphatic carbocycles. The maximum Gasteiger partial charge on any atom is 0.203 e. The van der Waals surface area contributed by atoms with Crippen LogP contribution in [0, 0.1) is 5.92 Å². The lowest BCUT2D eigenvalue weighted by molar-refractivity contribution is -0.0871. The van der Waals surface area contributed by atoms with E-state index >= 15 is 0 Å². The minimum Gasteiger partial charge on any atom is -0.493 e. The molecule has 0 saturated heterocycles. The minimum absolute atomic E-state index is 0.245. The van der Waals surface area contributed by atoms with Crippen LogP contribution in [0.4, 0.5) is 0 Å². The standard InChI is InChI=1S/C30H36O8/c1-17-14-18-15-21(32-3)25(34-5)27(36-7)23(18)24-20(16-22(33-4)26(35-6)28(24)37-8)29(30(17,2)31)38-19-12-10-9-11-13-19/h9-13,15-17,29,31H,14H2,1-8H3/t17-,29+,30+/m0/s1. The fraction of sp³-hybridized carbons (Fsp3) is 0.400. The van der Waals surface area contributed by atoms with Crippen molar-refractivity contribution < 1.29 is 38.3 Å². The quantitative estimate of drug-likeness (QED) is 0.415. The van der Waals surface area contributed by atoms with Crippen LogP contribution in [0.15, 0.2) is 42.5 Å². The molecule has 3 aromatic carbocycles. The van der Waals surface area contributed by atoms with Gasteiger partial charge in [-0.15, -0.1) is 0 Å². The minimum atomic E-state index is -1.31. The monoisotopic (exact) mass is 524 g/mol. The van der Waals surface area contributed by atoms with E-state index in [0.717, 1.165) is 11.1 Å². The van der Waals surface area contributed by atoms with Crippen LogP contribution in [-0.2, 0) is 6.42 Å². The van der Waals surface area contributed by atoms with Crippen molar-refractivity contribution in [3.63, 3.8) is 0 Å². The molecule has 0 saturated carbocycles. The molecular weight excluding hydrogens is 488 g/mol. The second-order valence-corrected chi connectivity index (χ2v) is 9.43. The topological polar surface area (TPSA) is 84.8 Å². The third-order valence-electron chi connectivity index (χ3n) is 7.36. The molecule has 0 bridgehead atoms. The van der Waals surface area contributed by atoms with E-state index in [0.29, 0.717) is 57.8 Å². The van der Waals surface area contributed by atoms with Crippen molar-refractivity contribution in [3.05, 3.63) is 53.6 Å². The summed E-state index contributed by atoms with van der Waals surface area (Å²) in [6, 6.07) is 13.2. The van der Waals surface area contributed by atoms with Crippen molar-refractivity contribution in [2.24, 2.45) is 5.92 Å². The second kappa shape index (κ2) is 10.9. The first-order valence-electron chi connectivity index (χ1n) is 12.4. The molecule has 1 N–H and O–H groups in total. The Morgan fingerprint density at radius 3 is 1.76 bits per heavy atom. The van der Waals surface area contributed by atoms with Crippen LogP contribution in [0.1, 0.15) is 31.1 Å². The molecule has 38 heavy (non-hydrogen) atoms. The zero-order valence-corrected chi connectivity index (χ0v) is 23.2. The summed E-state index contributed by atoms with van der Waals surface area (Å²) in [6.07, 6.45) is -0.320. The summed E-state index contributed by atoms with van der Waals surface area (Å²) in [5.74, 6) is 3.07. The van der Waals surface area contributed by atoms with E-state index in [-0.39, 0.29) is 5.92 Å². The van der Waals surface area contributed by atoms with Crippen LogP contribution >= 0.6 is 0 Å². The molecular formula is C30H36O8. The average Bonchev–Trinajstić information content (AvgIpc) is 2.93. The molecule has 1 aliphatic rings. The van der Waals surface area contributed by atoms with Crippen molar-refractivity contribution >= 4 is 0 Å². The Kier molecular flexibility index (Phi) is 7.83. The molecule has 0 amide bonds. The van der Waals surface area contributed by atoms with Crippen LogP contribution < -0.4 is 33.2 Å². The SMILES string of the molecule is COc1cc2c(c(OC)c1OC)-c1c(cc(OC)c(OC)c1OC)[C@@H](Oc1ccccc1)[C@](C)(O)[C@@H](C)C2. The van der Waals surface area contributed by atoms with E-state index in [4.69, 9.17) is 33.2 Å². The Morgan fingerprint density at radius 2 is 1.24 bits per heavy atom. The average molecular weight is 525 g/mol. The second-order valence-electron chi connectivity index (χ2n) is 9.43. The van der Waals surface area contributed by atoms with Gasteiger partial charge in [0.15, 0.2) is 29.1 Å². The normalized spacial score (nSPS) is 20.2. The summed E-state index contributed by atoms with van der Waals surface area (Å²) in [7, 11) is 9.41. The smallest absolute Gasteiger partial charge is 0.203 e. The van der Waals surface area contributed by atoms with Gasteiger partial charge in [-0.3, -0.25) is 0 Å². The zero-order chi connectivity index (χ0) is 27.6. The van der Waals surface area contributed by atoms with Crippen LogP contribution in [0.3, 0.4) is 0 Å². The number of benzene rings is 3. The van der Waals surface area contributed by atoms with Crippen LogP contribution in [-0.4, -0.2) is 53.4 Å². The lowest BCUT2D eigenvalue weighted by Crippen LogP contribution is -2.44. The highest BCUT2D eigenvalue weighted by molar-refractivity contribution is 5.89. The number of rotatable bonds is 8. The summed E-state index contributed by atoms with van der Waals surface area (Å²) in [5, 5.41) is 12.1. The van der Waals surface area contributed by atoms with Gasteiger partial charge >= 0.3 is 0 Å². The molecule has 8 nitrogen and oxygen atoms in total. The maximum absolute atomic E-state index is 12.1. The number of para-hydroxylation sites is 1. The van der Waals surface area contributed by atoms with Gasteiger partial charge in [0.1, 0.15) is 11.4 Å². The predicted molar refractivity (Wildman–Crippen MR) is 144 cm³/mol. The van der Waals surface area contributed by atoms with Gasteiger partial charge in [-0.25, -0.2) is 0 Å². The van der Waals surface area contributed by atoms with E-state index < -0.39 is 11.7 Å².